The van der Waals surface area contributed by atoms with E-state index in [1.165, 1.54) is 31.6 Å². The highest BCUT2D eigenvalue weighted by atomic mass is 79.9. The van der Waals surface area contributed by atoms with E-state index in [1.807, 2.05) is 6.20 Å². The van der Waals surface area contributed by atoms with Gasteiger partial charge in [-0.1, -0.05) is 0 Å². The molecule has 1 aliphatic rings. The van der Waals surface area contributed by atoms with Crippen LogP contribution in [0, 0.1) is 0 Å². The Morgan fingerprint density at radius 2 is 1.88 bits per heavy atom. The zero-order chi connectivity index (χ0) is 12.5. The summed E-state index contributed by atoms with van der Waals surface area (Å²) < 4.78 is 1.06. The first kappa shape index (κ1) is 13.0. The normalized spacial score (nSPS) is 19.5. The van der Waals surface area contributed by atoms with Crippen LogP contribution in [0.1, 0.15) is 45.2 Å². The van der Waals surface area contributed by atoms with Crippen LogP contribution in [0.3, 0.4) is 0 Å². The van der Waals surface area contributed by atoms with Gasteiger partial charge in [-0.25, -0.2) is 0 Å². The monoisotopic (exact) mass is 296 g/mol. The lowest BCUT2D eigenvalue weighted by molar-refractivity contribution is 0.102. The summed E-state index contributed by atoms with van der Waals surface area (Å²) in [6, 6.07) is 4.25. The van der Waals surface area contributed by atoms with Gasteiger partial charge >= 0.3 is 0 Å². The van der Waals surface area contributed by atoms with Crippen LogP contribution in [0.25, 0.3) is 0 Å². The first-order chi connectivity index (χ1) is 7.97. The molecule has 2 nitrogen and oxygen atoms in total. The van der Waals surface area contributed by atoms with E-state index in [-0.39, 0.29) is 0 Å². The molecule has 0 unspecified atom stereocenters. The smallest absolute Gasteiger partial charge is 0.0436 e. The topological polar surface area (TPSA) is 16.1 Å². The summed E-state index contributed by atoms with van der Waals surface area (Å²) in [5, 5.41) is 0. The van der Waals surface area contributed by atoms with Crippen molar-refractivity contribution in [1.82, 2.24) is 9.88 Å². The highest BCUT2D eigenvalue weighted by Crippen LogP contribution is 2.30. The third-order valence-electron chi connectivity index (χ3n) is 3.61. The fourth-order valence-electron chi connectivity index (χ4n) is 2.47. The highest BCUT2D eigenvalue weighted by molar-refractivity contribution is 9.10. The molecule has 17 heavy (non-hydrogen) atoms. The Morgan fingerprint density at radius 1 is 1.24 bits per heavy atom. The van der Waals surface area contributed by atoms with Gasteiger partial charge in [-0.3, -0.25) is 9.88 Å². The molecule has 94 valence electrons. The summed E-state index contributed by atoms with van der Waals surface area (Å²) in [6.45, 7) is 9.26. The van der Waals surface area contributed by atoms with Gasteiger partial charge in [-0.2, -0.15) is 0 Å². The molecule has 2 rings (SSSR count). The number of halogens is 1. The summed E-state index contributed by atoms with van der Waals surface area (Å²) in [6.07, 6.45) is 4.36. The number of piperidine rings is 1. The van der Waals surface area contributed by atoms with Crippen molar-refractivity contribution in [3.05, 3.63) is 28.5 Å². The molecule has 0 aromatic carbocycles. The molecule has 2 heterocycles. The molecule has 3 heteroatoms. The Morgan fingerprint density at radius 3 is 2.35 bits per heavy atom. The van der Waals surface area contributed by atoms with E-state index in [0.29, 0.717) is 11.5 Å². The van der Waals surface area contributed by atoms with Gasteiger partial charge in [0.2, 0.25) is 0 Å². The predicted molar refractivity (Wildman–Crippen MR) is 75.2 cm³/mol. The first-order valence-corrected chi connectivity index (χ1v) is 7.12. The maximum Gasteiger partial charge on any atom is 0.0436 e. The van der Waals surface area contributed by atoms with Crippen LogP contribution in [0.15, 0.2) is 22.8 Å². The number of nitrogens with zero attached hydrogens (tertiary/aromatic N) is 2. The van der Waals surface area contributed by atoms with Crippen molar-refractivity contribution < 1.29 is 0 Å². The third-order valence-corrected chi connectivity index (χ3v) is 4.08. The van der Waals surface area contributed by atoms with Crippen LogP contribution in [-0.4, -0.2) is 28.5 Å². The highest BCUT2D eigenvalue weighted by Gasteiger charge is 2.27. The first-order valence-electron chi connectivity index (χ1n) is 6.33. The van der Waals surface area contributed by atoms with E-state index in [4.69, 9.17) is 0 Å². The fraction of sp³-hybridized carbons (Fsp3) is 0.643. The van der Waals surface area contributed by atoms with Crippen LogP contribution in [0.5, 0.6) is 0 Å². The Kier molecular flexibility index (Phi) is 3.88. The maximum absolute atomic E-state index is 4.52. The van der Waals surface area contributed by atoms with Gasteiger partial charge in [0, 0.05) is 27.8 Å². The van der Waals surface area contributed by atoms with E-state index in [2.05, 4.69) is 58.7 Å². The molecule has 0 atom stereocenters. The molecule has 1 fully saturated rings. The van der Waals surface area contributed by atoms with Crippen molar-refractivity contribution >= 4 is 15.9 Å². The number of hydrogen-bond donors (Lipinski definition) is 0. The van der Waals surface area contributed by atoms with E-state index >= 15 is 0 Å². The molecule has 1 aromatic heterocycles. The number of hydrogen-bond acceptors (Lipinski definition) is 2. The second-order valence-electron chi connectivity index (χ2n) is 5.83. The maximum atomic E-state index is 4.52. The number of aromatic nitrogens is 1. The molecule has 0 radical (unpaired) electrons. The van der Waals surface area contributed by atoms with E-state index in [9.17, 15) is 0 Å². The fourth-order valence-corrected chi connectivity index (χ4v) is 2.71. The molecule has 0 amide bonds. The van der Waals surface area contributed by atoms with Crippen molar-refractivity contribution in [2.75, 3.05) is 13.1 Å². The van der Waals surface area contributed by atoms with Gasteiger partial charge in [-0.15, -0.1) is 0 Å². The van der Waals surface area contributed by atoms with Crippen molar-refractivity contribution in [3.63, 3.8) is 0 Å². The lowest BCUT2D eigenvalue weighted by Crippen LogP contribution is -2.45. The van der Waals surface area contributed by atoms with Gasteiger partial charge in [0.15, 0.2) is 0 Å². The van der Waals surface area contributed by atoms with Crippen LogP contribution < -0.4 is 0 Å². The molecule has 0 saturated carbocycles. The van der Waals surface area contributed by atoms with E-state index in [1.54, 1.807) is 0 Å². The van der Waals surface area contributed by atoms with Gasteiger partial charge in [-0.05, 0) is 74.8 Å². The molecule has 0 bridgehead atoms. The lowest BCUT2D eigenvalue weighted by atomic mass is 9.90. The lowest BCUT2D eigenvalue weighted by Gasteiger charge is -2.40. The molecule has 0 N–H and O–H groups in total. The van der Waals surface area contributed by atoms with Gasteiger partial charge in [0.05, 0.1) is 0 Å². The molecule has 1 aliphatic heterocycles. The minimum absolute atomic E-state index is 0.304. The second-order valence-corrected chi connectivity index (χ2v) is 6.75. The summed E-state index contributed by atoms with van der Waals surface area (Å²) in [5.74, 6) is 0.640. The summed E-state index contributed by atoms with van der Waals surface area (Å²) in [7, 11) is 0. The van der Waals surface area contributed by atoms with Gasteiger partial charge < -0.3 is 0 Å². The van der Waals surface area contributed by atoms with Gasteiger partial charge in [0.1, 0.15) is 0 Å². The predicted octanol–water partition coefficient (Wildman–Crippen LogP) is 3.82. The van der Waals surface area contributed by atoms with Crippen molar-refractivity contribution in [2.45, 2.75) is 45.1 Å². The van der Waals surface area contributed by atoms with Crippen LogP contribution >= 0.6 is 15.9 Å². The van der Waals surface area contributed by atoms with E-state index in [0.717, 1.165) is 4.47 Å². The average Bonchev–Trinajstić information content (AvgIpc) is 2.29. The Balaban J connectivity index is 1.97. The van der Waals surface area contributed by atoms with Crippen LogP contribution in [0.2, 0.25) is 0 Å². The van der Waals surface area contributed by atoms with Crippen molar-refractivity contribution in [3.8, 4) is 0 Å². The Bertz CT molecular complexity index is 359. The minimum Gasteiger partial charge on any atom is -0.298 e. The number of likely N-dealkylation sites (tertiary alicyclic amines) is 1. The summed E-state index contributed by atoms with van der Waals surface area (Å²) >= 11 is 3.43. The average molecular weight is 297 g/mol. The SMILES string of the molecule is CC(C)(C)N1CCC(c2ccc(Br)cn2)CC1. The third kappa shape index (κ3) is 3.29. The van der Waals surface area contributed by atoms with Crippen LogP contribution in [-0.2, 0) is 0 Å². The largest absolute Gasteiger partial charge is 0.298 e. The molecule has 0 spiro atoms. The number of rotatable bonds is 1. The van der Waals surface area contributed by atoms with Crippen molar-refractivity contribution in [1.29, 1.82) is 0 Å². The zero-order valence-corrected chi connectivity index (χ0v) is 12.5. The summed E-state index contributed by atoms with van der Waals surface area (Å²) in [4.78, 5) is 7.10. The van der Waals surface area contributed by atoms with E-state index < -0.39 is 0 Å². The van der Waals surface area contributed by atoms with Crippen molar-refractivity contribution in [2.24, 2.45) is 0 Å². The molecule has 1 aromatic rings. The summed E-state index contributed by atoms with van der Waals surface area (Å²) in [5.41, 5.74) is 1.56. The standard InChI is InChI=1S/C14H21BrN2/c1-14(2,3)17-8-6-11(7-9-17)13-5-4-12(15)10-16-13/h4-5,10-11H,6-9H2,1-3H3. The molecular weight excluding hydrogens is 276 g/mol. The Labute approximate surface area is 113 Å². The minimum atomic E-state index is 0.304. The molecular formula is C14H21BrN2. The number of pyridine rings is 1. The second kappa shape index (κ2) is 5.07. The Hall–Kier alpha value is -0.410. The zero-order valence-electron chi connectivity index (χ0n) is 10.9. The molecule has 1 saturated heterocycles. The van der Waals surface area contributed by atoms with Crippen LogP contribution in [0.4, 0.5) is 0 Å². The molecule has 0 aliphatic carbocycles. The van der Waals surface area contributed by atoms with Gasteiger partial charge in [0.25, 0.3) is 0 Å². The quantitative estimate of drug-likeness (QED) is 0.783.